The summed E-state index contributed by atoms with van der Waals surface area (Å²) in [6.07, 6.45) is 2.69. The van der Waals surface area contributed by atoms with E-state index in [4.69, 9.17) is 9.47 Å². The molecule has 4 aromatic rings. The summed E-state index contributed by atoms with van der Waals surface area (Å²) < 4.78 is 12.8. The molecule has 0 bridgehead atoms. The molecular formula is C38H42O4S. The normalized spacial score (nSPS) is 19.8. The average Bonchev–Trinajstić information content (AvgIpc) is 3.51. The lowest BCUT2D eigenvalue weighted by atomic mass is 9.64. The second-order valence-corrected chi connectivity index (χ2v) is 12.6. The van der Waals surface area contributed by atoms with Crippen LogP contribution < -0.4 is 0 Å². The molecular weight excluding hydrogens is 552 g/mol. The smallest absolute Gasteiger partial charge is 0.178 e. The summed E-state index contributed by atoms with van der Waals surface area (Å²) in [6, 6.07) is 14.1. The Morgan fingerprint density at radius 3 is 1.58 bits per heavy atom. The van der Waals surface area contributed by atoms with Crippen molar-refractivity contribution in [2.75, 3.05) is 14.2 Å². The molecule has 0 saturated heterocycles. The van der Waals surface area contributed by atoms with Crippen molar-refractivity contribution < 1.29 is 19.7 Å². The lowest BCUT2D eigenvalue weighted by molar-refractivity contribution is 0.0326. The van der Waals surface area contributed by atoms with Crippen LogP contribution in [0.1, 0.15) is 86.8 Å². The molecule has 2 unspecified atom stereocenters. The summed E-state index contributed by atoms with van der Waals surface area (Å²) in [7, 11) is 3.34. The van der Waals surface area contributed by atoms with Gasteiger partial charge in [0.05, 0.1) is 0 Å². The van der Waals surface area contributed by atoms with Crippen molar-refractivity contribution in [3.05, 3.63) is 81.2 Å². The Labute approximate surface area is 260 Å². The second-order valence-electron chi connectivity index (χ2n) is 11.6. The van der Waals surface area contributed by atoms with Crippen molar-refractivity contribution in [2.24, 2.45) is 0 Å². The number of thiophene rings is 1. The van der Waals surface area contributed by atoms with E-state index in [1.54, 1.807) is 25.6 Å². The number of ether oxygens (including phenoxy) is 2. The molecule has 5 heteroatoms. The summed E-state index contributed by atoms with van der Waals surface area (Å²) in [5.41, 5.74) is -0.881. The summed E-state index contributed by atoms with van der Waals surface area (Å²) in [6.45, 7) is 12.2. The number of rotatable bonds is 6. The van der Waals surface area contributed by atoms with Gasteiger partial charge in [0.1, 0.15) is 11.2 Å². The highest BCUT2D eigenvalue weighted by Crippen LogP contribution is 2.53. The van der Waals surface area contributed by atoms with Crippen LogP contribution in [0.3, 0.4) is 0 Å². The molecule has 43 heavy (non-hydrogen) atoms. The molecule has 224 valence electrons. The standard InChI is InChI=1S/C38H42O4S/c1-9-35(10-2,41-7)18-20-37(39)30-23-27-17-22-43-32(27)24-31(30)38(40,21-19-36(11-3,12-4)42-8)34-26(6)29-16-14-13-15-28(29)25(5)33(34)37/h13-17,22-24,39-40H,9-12H2,1-8H3. The zero-order valence-electron chi connectivity index (χ0n) is 26.6. The molecule has 0 fully saturated rings. The van der Waals surface area contributed by atoms with Gasteiger partial charge in [0.25, 0.3) is 0 Å². The van der Waals surface area contributed by atoms with Crippen LogP contribution in [0.5, 0.6) is 0 Å². The number of fused-ring (bicyclic) bond motifs is 4. The van der Waals surface area contributed by atoms with Crippen molar-refractivity contribution in [1.82, 2.24) is 0 Å². The lowest BCUT2D eigenvalue weighted by Gasteiger charge is -2.43. The van der Waals surface area contributed by atoms with Crippen molar-refractivity contribution in [2.45, 2.75) is 89.6 Å². The van der Waals surface area contributed by atoms with Gasteiger partial charge in [-0.1, -0.05) is 75.6 Å². The van der Waals surface area contributed by atoms with Gasteiger partial charge in [-0.2, -0.15) is 0 Å². The van der Waals surface area contributed by atoms with E-state index in [-0.39, 0.29) is 0 Å². The Bertz CT molecular complexity index is 1670. The van der Waals surface area contributed by atoms with Crippen LogP contribution in [-0.2, 0) is 20.7 Å². The monoisotopic (exact) mass is 594 g/mol. The first-order valence-corrected chi connectivity index (χ1v) is 16.1. The maximum Gasteiger partial charge on any atom is 0.178 e. The first-order chi connectivity index (χ1) is 20.5. The van der Waals surface area contributed by atoms with Crippen LogP contribution in [0, 0.1) is 37.5 Å². The molecule has 5 rings (SSSR count). The fourth-order valence-corrected chi connectivity index (χ4v) is 7.58. The quantitative estimate of drug-likeness (QED) is 0.223. The van der Waals surface area contributed by atoms with Gasteiger partial charge < -0.3 is 19.7 Å². The van der Waals surface area contributed by atoms with Gasteiger partial charge in [-0.05, 0) is 90.4 Å². The van der Waals surface area contributed by atoms with Crippen molar-refractivity contribution in [1.29, 1.82) is 0 Å². The SMILES string of the molecule is CCC(C#CC1(O)c2cc3ccsc3cc2C(O)(C#CC(CC)(CC)OC)c2c1c(C)c1ccccc1c2C)(CC)OC. The number of hydrogen-bond donors (Lipinski definition) is 2. The largest absolute Gasteiger partial charge is 0.369 e. The van der Waals surface area contributed by atoms with Gasteiger partial charge in [0.2, 0.25) is 0 Å². The Morgan fingerprint density at radius 1 is 0.721 bits per heavy atom. The van der Waals surface area contributed by atoms with Crippen LogP contribution in [0.4, 0.5) is 0 Å². The van der Waals surface area contributed by atoms with E-state index in [1.807, 2.05) is 77.3 Å². The Hall–Kier alpha value is -3.16. The predicted molar refractivity (Wildman–Crippen MR) is 177 cm³/mol. The molecule has 0 spiro atoms. The minimum Gasteiger partial charge on any atom is -0.369 e. The van der Waals surface area contributed by atoms with E-state index in [0.717, 1.165) is 32.0 Å². The summed E-state index contributed by atoms with van der Waals surface area (Å²) in [4.78, 5) is 0. The first-order valence-electron chi connectivity index (χ1n) is 15.2. The molecule has 0 amide bonds. The molecule has 0 saturated carbocycles. The fourth-order valence-electron chi connectivity index (χ4n) is 6.76. The second kappa shape index (κ2) is 11.4. The molecule has 1 aromatic heterocycles. The highest BCUT2D eigenvalue weighted by atomic mass is 32.1. The lowest BCUT2D eigenvalue weighted by Crippen LogP contribution is -2.44. The Kier molecular flexibility index (Phi) is 8.29. The maximum absolute atomic E-state index is 13.1. The molecule has 1 aliphatic rings. The molecule has 3 aromatic carbocycles. The van der Waals surface area contributed by atoms with Crippen LogP contribution in [-0.4, -0.2) is 35.6 Å². The van der Waals surface area contributed by atoms with Gasteiger partial charge in [-0.15, -0.1) is 11.3 Å². The van der Waals surface area contributed by atoms with Crippen molar-refractivity contribution in [3.8, 4) is 23.7 Å². The molecule has 2 atom stereocenters. The van der Waals surface area contributed by atoms with Crippen LogP contribution in [0.2, 0.25) is 0 Å². The van der Waals surface area contributed by atoms with E-state index in [2.05, 4.69) is 35.8 Å². The molecule has 1 heterocycles. The molecule has 2 N–H and O–H groups in total. The van der Waals surface area contributed by atoms with Gasteiger partial charge in [-0.3, -0.25) is 0 Å². The van der Waals surface area contributed by atoms with E-state index in [9.17, 15) is 10.2 Å². The summed E-state index contributed by atoms with van der Waals surface area (Å²) >= 11 is 1.60. The fraction of sp³-hybridized carbons (Fsp3) is 0.421. The zero-order valence-corrected chi connectivity index (χ0v) is 27.4. The van der Waals surface area contributed by atoms with Gasteiger partial charge in [0, 0.05) is 41.2 Å². The third-order valence-corrected chi connectivity index (χ3v) is 10.7. The van der Waals surface area contributed by atoms with Crippen LogP contribution in [0.15, 0.2) is 47.8 Å². The average molecular weight is 595 g/mol. The van der Waals surface area contributed by atoms with Gasteiger partial charge in [-0.25, -0.2) is 0 Å². The van der Waals surface area contributed by atoms with E-state index >= 15 is 0 Å². The van der Waals surface area contributed by atoms with E-state index in [1.165, 1.54) is 0 Å². The van der Waals surface area contributed by atoms with E-state index < -0.39 is 22.4 Å². The molecule has 1 aliphatic carbocycles. The number of methoxy groups -OCH3 is 2. The van der Waals surface area contributed by atoms with Gasteiger partial charge >= 0.3 is 0 Å². The summed E-state index contributed by atoms with van der Waals surface area (Å²) in [5.74, 6) is 13.4. The minimum atomic E-state index is -1.73. The van der Waals surface area contributed by atoms with Crippen molar-refractivity contribution in [3.63, 3.8) is 0 Å². The zero-order chi connectivity index (χ0) is 31.2. The van der Waals surface area contributed by atoms with Crippen LogP contribution in [0.25, 0.3) is 20.9 Å². The van der Waals surface area contributed by atoms with E-state index in [0.29, 0.717) is 47.9 Å². The third kappa shape index (κ3) is 4.71. The van der Waals surface area contributed by atoms with Gasteiger partial charge in [0.15, 0.2) is 11.2 Å². The minimum absolute atomic E-state index is 0.543. The molecule has 4 nitrogen and oxygen atoms in total. The Morgan fingerprint density at radius 2 is 1.16 bits per heavy atom. The molecule has 0 radical (unpaired) electrons. The number of benzene rings is 3. The number of aryl methyl sites for hydroxylation is 2. The van der Waals surface area contributed by atoms with Crippen LogP contribution >= 0.6 is 11.3 Å². The van der Waals surface area contributed by atoms with Crippen molar-refractivity contribution >= 4 is 32.2 Å². The first kappa shape index (κ1) is 31.3. The Balaban J connectivity index is 2.01. The topological polar surface area (TPSA) is 58.9 Å². The predicted octanol–water partition coefficient (Wildman–Crippen LogP) is 7.87. The number of hydrogen-bond acceptors (Lipinski definition) is 5. The number of aliphatic hydroxyl groups is 2. The molecule has 0 aliphatic heterocycles. The highest BCUT2D eigenvalue weighted by molar-refractivity contribution is 7.17. The maximum atomic E-state index is 13.1. The third-order valence-electron chi connectivity index (χ3n) is 9.84. The summed E-state index contributed by atoms with van der Waals surface area (Å²) in [5, 5.41) is 31.2. The highest BCUT2D eigenvalue weighted by Gasteiger charge is 2.51.